The van der Waals surface area contributed by atoms with Crippen LogP contribution in [0.3, 0.4) is 0 Å². The van der Waals surface area contributed by atoms with Gasteiger partial charge in [-0.2, -0.15) is 0 Å². The van der Waals surface area contributed by atoms with Gasteiger partial charge in [-0.25, -0.2) is 0 Å². The highest BCUT2D eigenvalue weighted by atomic mass is 16.5. The van der Waals surface area contributed by atoms with E-state index in [-0.39, 0.29) is 11.7 Å². The van der Waals surface area contributed by atoms with E-state index < -0.39 is 0 Å². The standard InChI is InChI=1S/C18H27NO3/c1-4-14(2)9-7-5-6-8-10-18(21)19-15-11-12-16(20)17(13-15)22-3/h7,9,11-14,20H,4-6,8,10H2,1-3H3,(H,19,21)/b9-7+. The molecule has 0 aliphatic carbocycles. The summed E-state index contributed by atoms with van der Waals surface area (Å²) in [5.74, 6) is 1.04. The summed E-state index contributed by atoms with van der Waals surface area (Å²) < 4.78 is 5.01. The van der Waals surface area contributed by atoms with Gasteiger partial charge < -0.3 is 15.2 Å². The number of amides is 1. The van der Waals surface area contributed by atoms with Crippen LogP contribution in [0.25, 0.3) is 0 Å². The molecule has 22 heavy (non-hydrogen) atoms. The van der Waals surface area contributed by atoms with Gasteiger partial charge in [-0.3, -0.25) is 4.79 Å². The molecule has 4 heteroatoms. The topological polar surface area (TPSA) is 58.6 Å². The van der Waals surface area contributed by atoms with Gasteiger partial charge in [0.15, 0.2) is 11.5 Å². The molecule has 4 nitrogen and oxygen atoms in total. The van der Waals surface area contributed by atoms with E-state index in [1.807, 2.05) is 0 Å². The number of phenolic OH excluding ortho intramolecular Hbond substituents is 1. The third-order valence-corrected chi connectivity index (χ3v) is 3.60. The lowest BCUT2D eigenvalue weighted by atomic mass is 10.1. The number of hydrogen-bond donors (Lipinski definition) is 2. The van der Waals surface area contributed by atoms with Gasteiger partial charge in [0.1, 0.15) is 0 Å². The van der Waals surface area contributed by atoms with E-state index in [2.05, 4.69) is 31.3 Å². The number of carbonyl (C=O) groups is 1. The van der Waals surface area contributed by atoms with Gasteiger partial charge in [-0.1, -0.05) is 32.4 Å². The van der Waals surface area contributed by atoms with Crippen LogP contribution in [0.1, 0.15) is 46.0 Å². The monoisotopic (exact) mass is 305 g/mol. The molecule has 0 saturated heterocycles. The number of hydrogen-bond acceptors (Lipinski definition) is 3. The average molecular weight is 305 g/mol. The number of aromatic hydroxyl groups is 1. The number of nitrogens with one attached hydrogen (secondary N) is 1. The van der Waals surface area contributed by atoms with Crippen LogP contribution in [-0.4, -0.2) is 18.1 Å². The quantitative estimate of drug-likeness (QED) is 0.401. The van der Waals surface area contributed by atoms with Crippen molar-refractivity contribution in [3.63, 3.8) is 0 Å². The maximum Gasteiger partial charge on any atom is 0.224 e. The Bertz CT molecular complexity index is 497. The number of benzene rings is 1. The number of rotatable bonds is 9. The summed E-state index contributed by atoms with van der Waals surface area (Å²) in [6.07, 6.45) is 9.00. The second-order valence-electron chi connectivity index (χ2n) is 5.49. The fourth-order valence-corrected chi connectivity index (χ4v) is 1.99. The molecular weight excluding hydrogens is 278 g/mol. The maximum atomic E-state index is 11.9. The number of methoxy groups -OCH3 is 1. The minimum Gasteiger partial charge on any atom is -0.504 e. The summed E-state index contributed by atoms with van der Waals surface area (Å²) in [6, 6.07) is 4.78. The molecule has 0 bridgehead atoms. The molecule has 0 radical (unpaired) electrons. The molecule has 2 N–H and O–H groups in total. The SMILES string of the molecule is CCC(C)/C=C/CCCCC(=O)Nc1ccc(O)c(OC)c1. The van der Waals surface area contributed by atoms with Gasteiger partial charge >= 0.3 is 0 Å². The number of unbranched alkanes of at least 4 members (excludes halogenated alkanes) is 2. The normalized spacial score (nSPS) is 12.3. The summed E-state index contributed by atoms with van der Waals surface area (Å²) in [6.45, 7) is 4.38. The lowest BCUT2D eigenvalue weighted by Crippen LogP contribution is -2.11. The fraction of sp³-hybridized carbons (Fsp3) is 0.500. The summed E-state index contributed by atoms with van der Waals surface area (Å²) in [5.41, 5.74) is 0.635. The number of carbonyl (C=O) groups excluding carboxylic acids is 1. The average Bonchev–Trinajstić information content (AvgIpc) is 2.52. The highest BCUT2D eigenvalue weighted by molar-refractivity contribution is 5.91. The predicted molar refractivity (Wildman–Crippen MR) is 90.4 cm³/mol. The smallest absolute Gasteiger partial charge is 0.224 e. The van der Waals surface area contributed by atoms with Gasteiger partial charge in [-0.15, -0.1) is 0 Å². The molecule has 0 aromatic heterocycles. The summed E-state index contributed by atoms with van der Waals surface area (Å²) in [4.78, 5) is 11.9. The van der Waals surface area contributed by atoms with Crippen LogP contribution in [0.5, 0.6) is 11.5 Å². The van der Waals surface area contributed by atoms with Gasteiger partial charge in [0, 0.05) is 18.2 Å². The van der Waals surface area contributed by atoms with E-state index in [9.17, 15) is 9.90 Å². The zero-order chi connectivity index (χ0) is 16.4. The molecule has 0 fully saturated rings. The predicted octanol–water partition coefficient (Wildman–Crippen LogP) is 4.50. The zero-order valence-electron chi connectivity index (χ0n) is 13.8. The second-order valence-corrected chi connectivity index (χ2v) is 5.49. The third-order valence-electron chi connectivity index (χ3n) is 3.60. The Labute approximate surface area is 133 Å². The van der Waals surface area contributed by atoms with Crippen molar-refractivity contribution in [1.82, 2.24) is 0 Å². The van der Waals surface area contributed by atoms with Gasteiger partial charge in [0.05, 0.1) is 7.11 Å². The van der Waals surface area contributed by atoms with Crippen molar-refractivity contribution in [2.45, 2.75) is 46.0 Å². The Morgan fingerprint density at radius 3 is 2.86 bits per heavy atom. The van der Waals surface area contributed by atoms with Crippen LogP contribution in [0, 0.1) is 5.92 Å². The Kier molecular flexibility index (Phi) is 8.11. The molecule has 122 valence electrons. The number of phenols is 1. The first-order valence-corrected chi connectivity index (χ1v) is 7.90. The van der Waals surface area contributed by atoms with Gasteiger partial charge in [-0.05, 0) is 37.3 Å². The highest BCUT2D eigenvalue weighted by Gasteiger charge is 2.06. The second kappa shape index (κ2) is 9.87. The Hall–Kier alpha value is -1.97. The largest absolute Gasteiger partial charge is 0.504 e. The van der Waals surface area contributed by atoms with E-state index in [1.165, 1.54) is 13.2 Å². The molecule has 0 saturated carbocycles. The van der Waals surface area contributed by atoms with E-state index in [4.69, 9.17) is 4.74 Å². The van der Waals surface area contributed by atoms with Crippen LogP contribution >= 0.6 is 0 Å². The number of anilines is 1. The van der Waals surface area contributed by atoms with E-state index in [0.29, 0.717) is 23.8 Å². The first-order chi connectivity index (χ1) is 10.6. The lowest BCUT2D eigenvalue weighted by molar-refractivity contribution is -0.116. The summed E-state index contributed by atoms with van der Waals surface area (Å²) in [7, 11) is 1.48. The third kappa shape index (κ3) is 6.66. The van der Waals surface area contributed by atoms with Crippen molar-refractivity contribution in [3.8, 4) is 11.5 Å². The van der Waals surface area contributed by atoms with Crippen LogP contribution in [0.4, 0.5) is 5.69 Å². The molecule has 0 aliphatic rings. The van der Waals surface area contributed by atoms with E-state index in [1.54, 1.807) is 12.1 Å². The van der Waals surface area contributed by atoms with Crippen LogP contribution < -0.4 is 10.1 Å². The van der Waals surface area contributed by atoms with Crippen molar-refractivity contribution in [2.24, 2.45) is 5.92 Å². The zero-order valence-corrected chi connectivity index (χ0v) is 13.8. The first-order valence-electron chi connectivity index (χ1n) is 7.90. The summed E-state index contributed by atoms with van der Waals surface area (Å²) in [5, 5.41) is 12.3. The molecule has 1 unspecified atom stereocenters. The molecule has 1 atom stereocenters. The Balaban J connectivity index is 2.28. The first kappa shape index (κ1) is 18.1. The minimum atomic E-state index is -0.0151. The molecule has 1 rings (SSSR count). The maximum absolute atomic E-state index is 11.9. The van der Waals surface area contributed by atoms with E-state index in [0.717, 1.165) is 25.7 Å². The van der Waals surface area contributed by atoms with Gasteiger partial charge in [0.2, 0.25) is 5.91 Å². The van der Waals surface area contributed by atoms with Crippen LogP contribution in [0.15, 0.2) is 30.4 Å². The van der Waals surface area contributed by atoms with Gasteiger partial charge in [0.25, 0.3) is 0 Å². The lowest BCUT2D eigenvalue weighted by Gasteiger charge is -2.08. The Morgan fingerprint density at radius 2 is 2.18 bits per heavy atom. The van der Waals surface area contributed by atoms with Crippen molar-refractivity contribution in [2.75, 3.05) is 12.4 Å². The molecule has 0 heterocycles. The molecule has 1 aromatic carbocycles. The van der Waals surface area contributed by atoms with Crippen molar-refractivity contribution < 1.29 is 14.6 Å². The minimum absolute atomic E-state index is 0.0151. The number of ether oxygens (including phenoxy) is 1. The number of allylic oxidation sites excluding steroid dienone is 2. The van der Waals surface area contributed by atoms with E-state index >= 15 is 0 Å². The molecule has 0 spiro atoms. The van der Waals surface area contributed by atoms with Crippen molar-refractivity contribution in [1.29, 1.82) is 0 Å². The van der Waals surface area contributed by atoms with Crippen molar-refractivity contribution >= 4 is 11.6 Å². The molecule has 0 aliphatic heterocycles. The molecule has 1 aromatic rings. The summed E-state index contributed by atoms with van der Waals surface area (Å²) >= 11 is 0. The molecule has 1 amide bonds. The van der Waals surface area contributed by atoms with Crippen LogP contribution in [-0.2, 0) is 4.79 Å². The highest BCUT2D eigenvalue weighted by Crippen LogP contribution is 2.28. The fourth-order valence-electron chi connectivity index (χ4n) is 1.99. The van der Waals surface area contributed by atoms with Crippen LogP contribution in [0.2, 0.25) is 0 Å². The molecular formula is C18H27NO3. The Morgan fingerprint density at radius 1 is 1.41 bits per heavy atom. The van der Waals surface area contributed by atoms with Crippen molar-refractivity contribution in [3.05, 3.63) is 30.4 Å².